The Labute approximate surface area is 152 Å². The molecular weight excluding hydrogens is 339 g/mol. The van der Waals surface area contributed by atoms with E-state index in [0.717, 1.165) is 25.7 Å². The lowest BCUT2D eigenvalue weighted by Gasteiger charge is -2.35. The summed E-state index contributed by atoms with van der Waals surface area (Å²) in [7, 11) is 0. The summed E-state index contributed by atoms with van der Waals surface area (Å²) in [6.45, 7) is 2.51. The molecule has 2 aliphatic rings. The third-order valence-electron chi connectivity index (χ3n) is 5.44. The van der Waals surface area contributed by atoms with E-state index in [4.69, 9.17) is 16.2 Å². The topological polar surface area (TPSA) is 128 Å². The highest BCUT2D eigenvalue weighted by molar-refractivity contribution is 5.80. The summed E-state index contributed by atoms with van der Waals surface area (Å²) in [5.74, 6) is 0.618. The molecule has 1 saturated carbocycles. The van der Waals surface area contributed by atoms with Gasteiger partial charge >= 0.3 is 0 Å². The number of halogens is 1. The number of carbonyl (C=O) groups is 1. The third kappa shape index (κ3) is 4.14. The van der Waals surface area contributed by atoms with Gasteiger partial charge in [0.05, 0.1) is 24.5 Å². The molecule has 26 heavy (non-hydrogen) atoms. The van der Waals surface area contributed by atoms with Gasteiger partial charge in [0.25, 0.3) is 0 Å². The van der Waals surface area contributed by atoms with Crippen LogP contribution in [0.25, 0.3) is 0 Å². The average Bonchev–Trinajstić information content (AvgIpc) is 2.62. The van der Waals surface area contributed by atoms with Gasteiger partial charge in [0.15, 0.2) is 5.82 Å². The fourth-order valence-corrected chi connectivity index (χ4v) is 3.45. The summed E-state index contributed by atoms with van der Waals surface area (Å²) in [6.07, 6.45) is 4.04. The molecule has 0 bridgehead atoms. The van der Waals surface area contributed by atoms with Crippen LogP contribution in [0.15, 0.2) is 6.20 Å². The number of carbonyl (C=O) groups excluding carboxylic acids is 1. The maximum Gasteiger partial charge on any atom is 0.225 e. The van der Waals surface area contributed by atoms with Crippen LogP contribution in [-0.4, -0.2) is 47.3 Å². The predicted molar refractivity (Wildman–Crippen MR) is 97.4 cm³/mol. The van der Waals surface area contributed by atoms with Crippen LogP contribution in [0.2, 0.25) is 0 Å². The highest BCUT2D eigenvalue weighted by Gasteiger charge is 2.36. The number of alkyl halides is 1. The van der Waals surface area contributed by atoms with Crippen molar-refractivity contribution in [3.8, 4) is 0 Å². The molecule has 1 aromatic heterocycles. The second-order valence-electron chi connectivity index (χ2n) is 7.47. The number of nitrogens with one attached hydrogen (secondary N) is 2. The third-order valence-corrected chi connectivity index (χ3v) is 5.44. The monoisotopic (exact) mass is 366 g/mol. The molecule has 2 fully saturated rings. The first-order chi connectivity index (χ1) is 12.4. The van der Waals surface area contributed by atoms with Crippen molar-refractivity contribution in [2.75, 3.05) is 29.6 Å². The van der Waals surface area contributed by atoms with Gasteiger partial charge in [-0.3, -0.25) is 4.79 Å². The molecule has 1 amide bonds. The van der Waals surface area contributed by atoms with Gasteiger partial charge in [-0.15, -0.1) is 0 Å². The largest absolute Gasteiger partial charge is 0.394 e. The number of ether oxygens (including phenoxy) is 1. The minimum Gasteiger partial charge on any atom is -0.394 e. The molecule has 0 radical (unpaired) electrons. The minimum atomic E-state index is -1.09. The van der Waals surface area contributed by atoms with Gasteiger partial charge in [0.1, 0.15) is 6.17 Å². The fourth-order valence-electron chi connectivity index (χ4n) is 3.45. The van der Waals surface area contributed by atoms with E-state index in [1.165, 1.54) is 6.20 Å². The van der Waals surface area contributed by atoms with Crippen LogP contribution >= 0.6 is 0 Å². The van der Waals surface area contributed by atoms with Crippen LogP contribution in [-0.2, 0) is 9.53 Å². The molecule has 1 aromatic rings. The Balaban J connectivity index is 1.62. The first-order valence-corrected chi connectivity index (χ1v) is 9.05. The predicted octanol–water partition coefficient (Wildman–Crippen LogP) is 1.44. The lowest BCUT2D eigenvalue weighted by Crippen LogP contribution is -2.41. The molecule has 1 aliphatic heterocycles. The van der Waals surface area contributed by atoms with Gasteiger partial charge in [-0.1, -0.05) is 6.92 Å². The van der Waals surface area contributed by atoms with Crippen molar-refractivity contribution in [1.29, 1.82) is 0 Å². The summed E-state index contributed by atoms with van der Waals surface area (Å²) in [4.78, 5) is 20.1. The van der Waals surface area contributed by atoms with E-state index >= 15 is 0 Å². The molecule has 6 N–H and O–H groups in total. The Bertz CT molecular complexity index is 650. The van der Waals surface area contributed by atoms with Crippen molar-refractivity contribution in [3.05, 3.63) is 6.20 Å². The highest BCUT2D eigenvalue weighted by Crippen LogP contribution is 2.36. The second kappa shape index (κ2) is 7.61. The summed E-state index contributed by atoms with van der Waals surface area (Å²) in [5.41, 5.74) is 11.5. The molecule has 8 nitrogen and oxygen atoms in total. The summed E-state index contributed by atoms with van der Waals surface area (Å²) in [6, 6.07) is -0.212. The lowest BCUT2D eigenvalue weighted by atomic mass is 9.73. The van der Waals surface area contributed by atoms with Crippen LogP contribution < -0.4 is 22.1 Å². The summed E-state index contributed by atoms with van der Waals surface area (Å²) < 4.78 is 19.0. The molecule has 2 heterocycles. The zero-order chi connectivity index (χ0) is 18.7. The summed E-state index contributed by atoms with van der Waals surface area (Å²) >= 11 is 0. The smallest absolute Gasteiger partial charge is 0.225 e. The average molecular weight is 366 g/mol. The van der Waals surface area contributed by atoms with Gasteiger partial charge < -0.3 is 26.8 Å². The Hall–Kier alpha value is -2.16. The van der Waals surface area contributed by atoms with Gasteiger partial charge in [0.2, 0.25) is 11.9 Å². The minimum absolute atomic E-state index is 0.0818. The standard InChI is InChI=1S/C17H27FN6O2/c1-17(15(20)25)5-2-10(3-6-17)22-14-12(19)8-21-16(24-14)23-13-4-7-26-9-11(13)18/h8,10-11,13H,2-7,9,19H2,1H3,(H2,20,25)(H2,21,22,23,24)/t10-,11-,13-,17-/m1/s1. The van der Waals surface area contributed by atoms with E-state index in [9.17, 15) is 9.18 Å². The van der Waals surface area contributed by atoms with Gasteiger partial charge in [0, 0.05) is 18.1 Å². The van der Waals surface area contributed by atoms with Crippen LogP contribution in [0, 0.1) is 5.41 Å². The van der Waals surface area contributed by atoms with Crippen molar-refractivity contribution in [2.24, 2.45) is 11.1 Å². The number of primary amides is 1. The Morgan fingerprint density at radius 3 is 2.73 bits per heavy atom. The van der Waals surface area contributed by atoms with Crippen molar-refractivity contribution in [3.63, 3.8) is 0 Å². The first-order valence-electron chi connectivity index (χ1n) is 9.05. The number of nitrogen functional groups attached to an aromatic ring is 1. The zero-order valence-electron chi connectivity index (χ0n) is 15.0. The Kier molecular flexibility index (Phi) is 5.45. The second-order valence-corrected chi connectivity index (χ2v) is 7.47. The summed E-state index contributed by atoms with van der Waals surface area (Å²) in [5, 5.41) is 6.36. The zero-order valence-corrected chi connectivity index (χ0v) is 15.0. The number of rotatable bonds is 5. The number of anilines is 3. The molecule has 9 heteroatoms. The normalized spacial score (nSPS) is 32.0. The van der Waals surface area contributed by atoms with E-state index in [0.29, 0.717) is 30.5 Å². The SMILES string of the molecule is C[C@]1(C(N)=O)CC[C@H](Nc2nc(N[C@@H]3CCOC[C@H]3F)ncc2N)CC1. The highest BCUT2D eigenvalue weighted by atomic mass is 19.1. The van der Waals surface area contributed by atoms with Gasteiger partial charge in [-0.25, -0.2) is 9.37 Å². The number of amides is 1. The van der Waals surface area contributed by atoms with Gasteiger partial charge in [-0.2, -0.15) is 4.98 Å². The number of aromatic nitrogens is 2. The number of hydrogen-bond donors (Lipinski definition) is 4. The van der Waals surface area contributed by atoms with Crippen LogP contribution in [0.1, 0.15) is 39.0 Å². The van der Waals surface area contributed by atoms with Crippen molar-refractivity contribution >= 4 is 23.4 Å². The molecule has 0 unspecified atom stereocenters. The maximum absolute atomic E-state index is 13.9. The van der Waals surface area contributed by atoms with Crippen molar-refractivity contribution in [1.82, 2.24) is 9.97 Å². The first kappa shape index (κ1) is 18.6. The molecule has 1 aliphatic carbocycles. The lowest BCUT2D eigenvalue weighted by molar-refractivity contribution is -0.128. The van der Waals surface area contributed by atoms with E-state index in [2.05, 4.69) is 20.6 Å². The van der Waals surface area contributed by atoms with E-state index in [1.54, 1.807) is 0 Å². The van der Waals surface area contributed by atoms with Crippen LogP contribution in [0.3, 0.4) is 0 Å². The maximum atomic E-state index is 13.9. The van der Waals surface area contributed by atoms with Crippen LogP contribution in [0.5, 0.6) is 0 Å². The number of nitrogens with two attached hydrogens (primary N) is 2. The number of nitrogens with zero attached hydrogens (tertiary/aromatic N) is 2. The molecule has 144 valence electrons. The molecule has 0 aromatic carbocycles. The number of hydrogen-bond acceptors (Lipinski definition) is 7. The Morgan fingerprint density at radius 1 is 1.35 bits per heavy atom. The van der Waals surface area contributed by atoms with Crippen molar-refractivity contribution in [2.45, 2.75) is 57.3 Å². The quantitative estimate of drug-likeness (QED) is 0.621. The van der Waals surface area contributed by atoms with E-state index in [1.807, 2.05) is 6.92 Å². The molecule has 3 rings (SSSR count). The molecule has 1 saturated heterocycles. The van der Waals surface area contributed by atoms with E-state index < -0.39 is 11.6 Å². The molecule has 2 atom stereocenters. The van der Waals surface area contributed by atoms with Gasteiger partial charge in [-0.05, 0) is 32.1 Å². The Morgan fingerprint density at radius 2 is 2.08 bits per heavy atom. The molecular formula is C17H27FN6O2. The van der Waals surface area contributed by atoms with Crippen LogP contribution in [0.4, 0.5) is 21.8 Å². The fraction of sp³-hybridized carbons (Fsp3) is 0.706. The van der Waals surface area contributed by atoms with E-state index in [-0.39, 0.29) is 24.6 Å². The molecule has 0 spiro atoms. The van der Waals surface area contributed by atoms with Crippen molar-refractivity contribution < 1.29 is 13.9 Å².